The lowest BCUT2D eigenvalue weighted by atomic mass is 10.2. The van der Waals surface area contributed by atoms with E-state index in [1.807, 2.05) is 0 Å². The first-order chi connectivity index (χ1) is 17.3. The topological polar surface area (TPSA) is 113 Å². The highest BCUT2D eigenvalue weighted by atomic mass is 35.5. The number of aliphatic imine (C=N–C) groups is 1. The zero-order valence-electron chi connectivity index (χ0n) is 18.5. The van der Waals surface area contributed by atoms with Crippen LogP contribution in [-0.2, 0) is 10.0 Å². The molecule has 1 amide bonds. The van der Waals surface area contributed by atoms with Crippen LogP contribution >= 0.6 is 23.2 Å². The maximum atomic E-state index is 13.8. The summed E-state index contributed by atoms with van der Waals surface area (Å²) >= 11 is 11.7. The van der Waals surface area contributed by atoms with E-state index in [-0.39, 0.29) is 40.3 Å². The highest BCUT2D eigenvalue weighted by Crippen LogP contribution is 2.20. The van der Waals surface area contributed by atoms with Crippen LogP contribution in [0.25, 0.3) is 0 Å². The molecule has 0 aliphatic heterocycles. The molecule has 0 saturated carbocycles. The van der Waals surface area contributed by atoms with Crippen LogP contribution in [0.5, 0.6) is 0 Å². The number of alkyl halides is 3. The number of amides is 1. The van der Waals surface area contributed by atoms with Gasteiger partial charge in [-0.05, 0) is 54.6 Å². The van der Waals surface area contributed by atoms with Gasteiger partial charge in [0.1, 0.15) is 23.3 Å². The summed E-state index contributed by atoms with van der Waals surface area (Å²) in [7, 11) is -4.74. The number of hydrogen-bond donors (Lipinski definition) is 3. The first-order valence-corrected chi connectivity index (χ1v) is 12.6. The zero-order chi connectivity index (χ0) is 27.2. The standard InChI is InChI=1S/C22H17Cl2F4N5O3S/c23-14-6-4-13(5-7-14)21(34)32-20(30-17-9-15(24)8-16(25)10-17)11-29-18-2-1-3-19(31-18)33-37(35,36)12-22(26,27)28/h1-10H,11-12H2,(H2,29,31,33)(H,30,32,34). The van der Waals surface area contributed by atoms with E-state index < -0.39 is 33.7 Å². The number of nitrogens with one attached hydrogen (secondary N) is 3. The number of pyridine rings is 1. The Kier molecular flexibility index (Phi) is 8.94. The van der Waals surface area contributed by atoms with Crippen LogP contribution in [0.3, 0.4) is 0 Å². The van der Waals surface area contributed by atoms with Crippen molar-refractivity contribution in [2.75, 3.05) is 27.7 Å². The van der Waals surface area contributed by atoms with Gasteiger partial charge in [-0.25, -0.2) is 17.8 Å². The lowest BCUT2D eigenvalue weighted by Gasteiger charge is -2.13. The molecule has 3 aromatic rings. The summed E-state index contributed by atoms with van der Waals surface area (Å²) in [6.07, 6.45) is -4.94. The molecule has 15 heteroatoms. The number of amidine groups is 1. The molecule has 37 heavy (non-hydrogen) atoms. The van der Waals surface area contributed by atoms with Gasteiger partial charge in [0, 0.05) is 21.3 Å². The van der Waals surface area contributed by atoms with E-state index in [2.05, 4.69) is 20.6 Å². The second-order valence-electron chi connectivity index (χ2n) is 7.39. The summed E-state index contributed by atoms with van der Waals surface area (Å²) in [6.45, 7) is -0.209. The third-order valence-electron chi connectivity index (χ3n) is 4.28. The first kappa shape index (κ1) is 28.2. The minimum atomic E-state index is -4.94. The molecule has 0 radical (unpaired) electrons. The summed E-state index contributed by atoms with van der Waals surface area (Å²) in [5.41, 5.74) is 0.385. The van der Waals surface area contributed by atoms with Crippen molar-refractivity contribution in [3.63, 3.8) is 0 Å². The normalized spacial score (nSPS) is 12.2. The Morgan fingerprint density at radius 2 is 1.65 bits per heavy atom. The van der Waals surface area contributed by atoms with Gasteiger partial charge in [0.25, 0.3) is 5.91 Å². The molecule has 0 aliphatic carbocycles. The summed E-state index contributed by atoms with van der Waals surface area (Å²) in [5, 5.41) is 6.04. The maximum absolute atomic E-state index is 13.8. The average Bonchev–Trinajstić information content (AvgIpc) is 2.75. The Hall–Kier alpha value is -3.42. The Labute approximate surface area is 218 Å². The van der Waals surface area contributed by atoms with Gasteiger partial charge in [0.2, 0.25) is 10.0 Å². The second-order valence-corrected chi connectivity index (χ2v) is 9.99. The largest absolute Gasteiger partial charge is 0.404 e. The summed E-state index contributed by atoms with van der Waals surface area (Å²) < 4.78 is 76.4. The molecule has 0 spiro atoms. The van der Waals surface area contributed by atoms with Gasteiger partial charge in [-0.15, -0.1) is 0 Å². The molecule has 0 aliphatic rings. The van der Waals surface area contributed by atoms with Crippen LogP contribution in [0.1, 0.15) is 10.4 Å². The number of nitrogens with zero attached hydrogens (tertiary/aromatic N) is 2. The average molecular weight is 578 g/mol. The van der Waals surface area contributed by atoms with E-state index in [4.69, 9.17) is 23.2 Å². The summed E-state index contributed by atoms with van der Waals surface area (Å²) in [4.78, 5) is 20.6. The molecule has 1 aromatic heterocycles. The number of sulfonamides is 1. The van der Waals surface area contributed by atoms with Crippen molar-refractivity contribution in [2.24, 2.45) is 4.99 Å². The lowest BCUT2D eigenvalue weighted by molar-refractivity contribution is -0.106. The fourth-order valence-corrected chi connectivity index (χ4v) is 4.14. The second kappa shape index (κ2) is 11.8. The van der Waals surface area contributed by atoms with E-state index in [0.717, 1.165) is 18.2 Å². The third-order valence-corrected chi connectivity index (χ3v) is 5.98. The summed E-state index contributed by atoms with van der Waals surface area (Å²) in [5.74, 6) is -3.72. The predicted molar refractivity (Wildman–Crippen MR) is 134 cm³/mol. The van der Waals surface area contributed by atoms with E-state index in [1.54, 1.807) is 4.72 Å². The molecule has 1 heterocycles. The lowest BCUT2D eigenvalue weighted by Crippen LogP contribution is -2.28. The van der Waals surface area contributed by atoms with Crippen molar-refractivity contribution >= 4 is 62.3 Å². The van der Waals surface area contributed by atoms with Crippen molar-refractivity contribution in [2.45, 2.75) is 6.18 Å². The molecule has 3 rings (SSSR count). The molecule has 0 bridgehead atoms. The Morgan fingerprint density at radius 3 is 2.30 bits per heavy atom. The number of carbonyl (C=O) groups is 1. The molecule has 0 saturated heterocycles. The van der Waals surface area contributed by atoms with Crippen LogP contribution in [-0.4, -0.2) is 43.6 Å². The van der Waals surface area contributed by atoms with Crippen molar-refractivity contribution in [1.82, 2.24) is 4.98 Å². The van der Waals surface area contributed by atoms with Crippen LogP contribution in [0.4, 0.5) is 34.9 Å². The molecule has 0 unspecified atom stereocenters. The fraction of sp³-hybridized carbons (Fsp3) is 0.136. The van der Waals surface area contributed by atoms with Crippen molar-refractivity contribution in [3.8, 4) is 0 Å². The van der Waals surface area contributed by atoms with Gasteiger partial charge in [-0.3, -0.25) is 9.52 Å². The first-order valence-electron chi connectivity index (χ1n) is 10.2. The van der Waals surface area contributed by atoms with Crippen molar-refractivity contribution < 1.29 is 30.8 Å². The van der Waals surface area contributed by atoms with Gasteiger partial charge in [-0.2, -0.15) is 18.2 Å². The number of anilines is 3. The molecular weight excluding hydrogens is 561 g/mol. The van der Waals surface area contributed by atoms with Crippen LogP contribution in [0, 0.1) is 5.82 Å². The number of carbonyl (C=O) groups excluding carboxylic acids is 1. The van der Waals surface area contributed by atoms with Gasteiger partial charge in [0.05, 0.1) is 6.54 Å². The molecule has 3 N–H and O–H groups in total. The number of aromatic nitrogens is 1. The third kappa shape index (κ3) is 9.52. The minimum Gasteiger partial charge on any atom is -0.363 e. The monoisotopic (exact) mass is 577 g/mol. The van der Waals surface area contributed by atoms with Crippen molar-refractivity contribution in [1.29, 1.82) is 0 Å². The Morgan fingerprint density at radius 1 is 0.973 bits per heavy atom. The highest BCUT2D eigenvalue weighted by molar-refractivity contribution is 7.92. The molecule has 0 atom stereocenters. The molecule has 2 aromatic carbocycles. The smallest absolute Gasteiger partial charge is 0.363 e. The molecule has 0 fully saturated rings. The minimum absolute atomic E-state index is 0.00790. The maximum Gasteiger partial charge on any atom is 0.404 e. The van der Waals surface area contributed by atoms with Crippen molar-refractivity contribution in [3.05, 3.63) is 82.1 Å². The van der Waals surface area contributed by atoms with Gasteiger partial charge < -0.3 is 10.6 Å². The van der Waals surface area contributed by atoms with E-state index in [1.165, 1.54) is 42.5 Å². The van der Waals surface area contributed by atoms with E-state index in [9.17, 15) is 30.8 Å². The summed E-state index contributed by atoms with van der Waals surface area (Å²) in [6, 6.07) is 13.4. The number of hydrogen-bond acceptors (Lipinski definition) is 5. The van der Waals surface area contributed by atoms with E-state index >= 15 is 0 Å². The van der Waals surface area contributed by atoms with Gasteiger partial charge in [0.15, 0.2) is 5.75 Å². The number of halogens is 6. The molecule has 8 nitrogen and oxygen atoms in total. The van der Waals surface area contributed by atoms with Gasteiger partial charge >= 0.3 is 6.18 Å². The Bertz CT molecular complexity index is 1400. The van der Waals surface area contributed by atoms with Crippen LogP contribution in [0.2, 0.25) is 10.0 Å². The van der Waals surface area contributed by atoms with E-state index in [0.29, 0.717) is 5.02 Å². The number of benzene rings is 2. The van der Waals surface area contributed by atoms with Crippen LogP contribution in [0.15, 0.2) is 65.7 Å². The fourth-order valence-electron chi connectivity index (χ4n) is 2.86. The predicted octanol–water partition coefficient (Wildman–Crippen LogP) is 5.59. The zero-order valence-corrected chi connectivity index (χ0v) is 20.8. The molecule has 196 valence electrons. The van der Waals surface area contributed by atoms with Crippen LogP contribution < -0.4 is 15.4 Å². The molecular formula is C22H17Cl2F4N5O3S. The quantitative estimate of drug-likeness (QED) is 0.183. The SMILES string of the molecule is O=C(/N=C(\CNc1cccc(NS(=O)(=O)CC(F)(F)F)n1)Nc1cc(F)cc(Cl)c1)c1ccc(Cl)cc1. The number of rotatable bonds is 8. The Balaban J connectivity index is 1.81. The van der Waals surface area contributed by atoms with Gasteiger partial charge in [-0.1, -0.05) is 29.3 Å². The highest BCUT2D eigenvalue weighted by Gasteiger charge is 2.35.